The van der Waals surface area contributed by atoms with E-state index in [9.17, 15) is 14.4 Å². The van der Waals surface area contributed by atoms with E-state index in [1.807, 2.05) is 0 Å². The van der Waals surface area contributed by atoms with E-state index in [4.69, 9.17) is 27.9 Å². The Morgan fingerprint density at radius 3 is 2.12 bits per heavy atom. The van der Waals surface area contributed by atoms with Gasteiger partial charge in [0.15, 0.2) is 6.10 Å². The van der Waals surface area contributed by atoms with Crippen molar-refractivity contribution in [3.05, 3.63) is 58.1 Å². The lowest BCUT2D eigenvalue weighted by atomic mass is 10.2. The summed E-state index contributed by atoms with van der Waals surface area (Å²) < 4.78 is 5.13. The molecular formula is C18H16Cl2N2O4. The van der Waals surface area contributed by atoms with Crippen LogP contribution in [0.3, 0.4) is 0 Å². The topological polar surface area (TPSA) is 84.5 Å². The number of esters is 1. The van der Waals surface area contributed by atoms with E-state index >= 15 is 0 Å². The summed E-state index contributed by atoms with van der Waals surface area (Å²) in [5.74, 6) is -1.45. The fourth-order valence-corrected chi connectivity index (χ4v) is 2.40. The molecule has 0 spiro atoms. The summed E-state index contributed by atoms with van der Waals surface area (Å²) in [6, 6.07) is 11.1. The zero-order chi connectivity index (χ0) is 19.3. The maximum absolute atomic E-state index is 12.2. The van der Waals surface area contributed by atoms with E-state index in [1.54, 1.807) is 36.4 Å². The Hall–Kier alpha value is -2.57. The molecule has 1 atom stereocenters. The molecule has 0 aliphatic heterocycles. The summed E-state index contributed by atoms with van der Waals surface area (Å²) in [6.07, 6.45) is -1.05. The lowest BCUT2D eigenvalue weighted by molar-refractivity contribution is -0.123. The third-order valence-electron chi connectivity index (χ3n) is 3.30. The zero-order valence-electron chi connectivity index (χ0n) is 14.0. The monoisotopic (exact) mass is 394 g/mol. The van der Waals surface area contributed by atoms with E-state index in [0.29, 0.717) is 11.4 Å². The Labute approximate surface area is 160 Å². The third-order valence-corrected chi connectivity index (χ3v) is 4.12. The second kappa shape index (κ2) is 8.69. The molecule has 2 aromatic carbocycles. The molecule has 0 heterocycles. The number of halogens is 2. The molecule has 0 saturated heterocycles. The molecule has 2 rings (SSSR count). The molecule has 2 amide bonds. The van der Waals surface area contributed by atoms with Crippen LogP contribution in [0, 0.1) is 0 Å². The Balaban J connectivity index is 1.97. The zero-order valence-corrected chi connectivity index (χ0v) is 15.5. The number of benzene rings is 2. The van der Waals surface area contributed by atoms with Crippen LogP contribution in [0.1, 0.15) is 24.2 Å². The molecule has 8 heteroatoms. The Kier molecular flexibility index (Phi) is 6.60. The van der Waals surface area contributed by atoms with Crippen LogP contribution in [-0.2, 0) is 14.3 Å². The first-order valence-electron chi connectivity index (χ1n) is 7.61. The second-order valence-electron chi connectivity index (χ2n) is 5.40. The van der Waals surface area contributed by atoms with Gasteiger partial charge in [0.25, 0.3) is 5.91 Å². The van der Waals surface area contributed by atoms with Gasteiger partial charge in [-0.25, -0.2) is 4.79 Å². The van der Waals surface area contributed by atoms with Gasteiger partial charge in [0.05, 0.1) is 15.6 Å². The van der Waals surface area contributed by atoms with Crippen LogP contribution in [0.15, 0.2) is 42.5 Å². The normalized spacial score (nSPS) is 11.4. The smallest absolute Gasteiger partial charge is 0.340 e. The van der Waals surface area contributed by atoms with Crippen LogP contribution in [0.2, 0.25) is 10.0 Å². The van der Waals surface area contributed by atoms with Crippen LogP contribution in [0.5, 0.6) is 0 Å². The van der Waals surface area contributed by atoms with Gasteiger partial charge in [-0.3, -0.25) is 9.59 Å². The molecule has 0 aliphatic carbocycles. The van der Waals surface area contributed by atoms with E-state index < -0.39 is 18.0 Å². The largest absolute Gasteiger partial charge is 0.449 e. The first-order chi connectivity index (χ1) is 12.3. The summed E-state index contributed by atoms with van der Waals surface area (Å²) in [4.78, 5) is 35.3. The summed E-state index contributed by atoms with van der Waals surface area (Å²) in [6.45, 7) is 2.84. The molecule has 0 unspecified atom stereocenters. The Morgan fingerprint density at radius 1 is 0.962 bits per heavy atom. The third kappa shape index (κ3) is 5.21. The molecule has 136 valence electrons. The number of carbonyl (C=O) groups is 3. The minimum absolute atomic E-state index is 0.0698. The molecule has 0 fully saturated rings. The average molecular weight is 395 g/mol. The van der Waals surface area contributed by atoms with Crippen molar-refractivity contribution in [2.75, 3.05) is 10.6 Å². The molecule has 2 aromatic rings. The van der Waals surface area contributed by atoms with Gasteiger partial charge in [0.2, 0.25) is 5.91 Å². The standard InChI is InChI=1S/C18H16Cl2N2O4/c1-10(26-18(25)14-4-3-5-15(19)16(14)20)17(24)22-13-8-6-12(7-9-13)21-11(2)23/h3-10H,1-2H3,(H,21,23)(H,22,24)/t10-/m0/s1. The molecule has 0 bridgehead atoms. The molecule has 6 nitrogen and oxygen atoms in total. The predicted octanol–water partition coefficient (Wildman–Crippen LogP) is 4.14. The number of carbonyl (C=O) groups excluding carboxylic acids is 3. The molecule has 2 N–H and O–H groups in total. The molecule has 0 saturated carbocycles. The quantitative estimate of drug-likeness (QED) is 0.746. The van der Waals surface area contributed by atoms with Gasteiger partial charge < -0.3 is 15.4 Å². The van der Waals surface area contributed by atoms with Crippen molar-refractivity contribution in [1.82, 2.24) is 0 Å². The fraction of sp³-hybridized carbons (Fsp3) is 0.167. The number of amides is 2. The summed E-state index contributed by atoms with van der Waals surface area (Å²) in [5, 5.41) is 5.52. The lowest BCUT2D eigenvalue weighted by Gasteiger charge is -2.14. The fourth-order valence-electron chi connectivity index (χ4n) is 2.02. The minimum atomic E-state index is -1.05. The van der Waals surface area contributed by atoms with E-state index in [2.05, 4.69) is 10.6 Å². The summed E-state index contributed by atoms with van der Waals surface area (Å²) >= 11 is 11.8. The highest BCUT2D eigenvalue weighted by Gasteiger charge is 2.21. The molecular weight excluding hydrogens is 379 g/mol. The van der Waals surface area contributed by atoms with Crippen LogP contribution in [0.25, 0.3) is 0 Å². The maximum Gasteiger partial charge on any atom is 0.340 e. The van der Waals surface area contributed by atoms with Crippen LogP contribution in [0.4, 0.5) is 11.4 Å². The van der Waals surface area contributed by atoms with Gasteiger partial charge >= 0.3 is 5.97 Å². The summed E-state index contributed by atoms with van der Waals surface area (Å²) in [5.41, 5.74) is 1.18. The number of hydrogen-bond donors (Lipinski definition) is 2. The Bertz CT molecular complexity index is 838. The van der Waals surface area contributed by atoms with Crippen molar-refractivity contribution in [2.24, 2.45) is 0 Å². The highest BCUT2D eigenvalue weighted by atomic mass is 35.5. The first kappa shape index (κ1) is 19.8. The van der Waals surface area contributed by atoms with Crippen molar-refractivity contribution < 1.29 is 19.1 Å². The molecule has 0 aromatic heterocycles. The van der Waals surface area contributed by atoms with Gasteiger partial charge in [-0.1, -0.05) is 29.3 Å². The van der Waals surface area contributed by atoms with Gasteiger partial charge in [0.1, 0.15) is 0 Å². The highest BCUT2D eigenvalue weighted by molar-refractivity contribution is 6.43. The first-order valence-corrected chi connectivity index (χ1v) is 8.37. The van der Waals surface area contributed by atoms with Gasteiger partial charge in [-0.2, -0.15) is 0 Å². The minimum Gasteiger partial charge on any atom is -0.449 e. The number of nitrogens with one attached hydrogen (secondary N) is 2. The van der Waals surface area contributed by atoms with E-state index in [0.717, 1.165) is 0 Å². The summed E-state index contributed by atoms with van der Waals surface area (Å²) in [7, 11) is 0. The molecule has 0 radical (unpaired) electrons. The highest BCUT2D eigenvalue weighted by Crippen LogP contribution is 2.26. The van der Waals surface area contributed by atoms with E-state index in [-0.39, 0.29) is 21.5 Å². The van der Waals surface area contributed by atoms with Crippen molar-refractivity contribution in [3.63, 3.8) is 0 Å². The average Bonchev–Trinajstić information content (AvgIpc) is 2.58. The lowest BCUT2D eigenvalue weighted by Crippen LogP contribution is -2.30. The number of anilines is 2. The van der Waals surface area contributed by atoms with Crippen molar-refractivity contribution in [1.29, 1.82) is 0 Å². The van der Waals surface area contributed by atoms with E-state index in [1.165, 1.54) is 19.9 Å². The predicted molar refractivity (Wildman–Crippen MR) is 101 cm³/mol. The van der Waals surface area contributed by atoms with Gasteiger partial charge in [0, 0.05) is 18.3 Å². The number of ether oxygens (including phenoxy) is 1. The van der Waals surface area contributed by atoms with Crippen LogP contribution in [-0.4, -0.2) is 23.9 Å². The van der Waals surface area contributed by atoms with Crippen molar-refractivity contribution >= 4 is 52.4 Å². The van der Waals surface area contributed by atoms with Gasteiger partial charge in [-0.15, -0.1) is 0 Å². The Morgan fingerprint density at radius 2 is 1.54 bits per heavy atom. The molecule has 26 heavy (non-hydrogen) atoms. The SMILES string of the molecule is CC(=O)Nc1ccc(NC(=O)[C@H](C)OC(=O)c2cccc(Cl)c2Cl)cc1. The number of hydrogen-bond acceptors (Lipinski definition) is 4. The van der Waals surface area contributed by atoms with Crippen molar-refractivity contribution in [2.45, 2.75) is 20.0 Å². The van der Waals surface area contributed by atoms with Crippen molar-refractivity contribution in [3.8, 4) is 0 Å². The van der Waals surface area contributed by atoms with Gasteiger partial charge in [-0.05, 0) is 43.3 Å². The second-order valence-corrected chi connectivity index (χ2v) is 6.18. The number of rotatable bonds is 5. The molecule has 0 aliphatic rings. The van der Waals surface area contributed by atoms with Crippen LogP contribution < -0.4 is 10.6 Å². The maximum atomic E-state index is 12.2. The van der Waals surface area contributed by atoms with Crippen LogP contribution >= 0.6 is 23.2 Å².